The van der Waals surface area contributed by atoms with E-state index < -0.39 is 6.04 Å². The van der Waals surface area contributed by atoms with Crippen LogP contribution in [0.1, 0.15) is 0 Å². The third kappa shape index (κ3) is 2.10. The van der Waals surface area contributed by atoms with E-state index >= 15 is 0 Å². The van der Waals surface area contributed by atoms with Crippen LogP contribution >= 0.6 is 0 Å². The zero-order valence-corrected chi connectivity index (χ0v) is 11.6. The van der Waals surface area contributed by atoms with E-state index in [1.165, 1.54) is 0 Å². The standard InChI is InChI=1S/C16H13N5O/c22-15(18-11-4-3-8-17-10-11)13-7-9-21-14-6-2-1-5-12(14)19-16(21)20-13/h1-10,13H,(H,18,22)(H,19,20). The minimum atomic E-state index is -0.468. The third-order valence-corrected chi connectivity index (χ3v) is 3.52. The SMILES string of the molecule is O=C(Nc1cccnc1)C1C=Cn2c(nc3ccccc32)N1. The molecule has 1 aliphatic rings. The number of nitrogens with one attached hydrogen (secondary N) is 2. The molecule has 0 aliphatic carbocycles. The molecule has 2 aromatic heterocycles. The molecule has 0 fully saturated rings. The second-order valence-corrected chi connectivity index (χ2v) is 4.99. The molecule has 22 heavy (non-hydrogen) atoms. The highest BCUT2D eigenvalue weighted by Crippen LogP contribution is 2.23. The zero-order valence-electron chi connectivity index (χ0n) is 11.6. The molecular weight excluding hydrogens is 278 g/mol. The quantitative estimate of drug-likeness (QED) is 0.760. The van der Waals surface area contributed by atoms with Crippen LogP contribution < -0.4 is 10.6 Å². The van der Waals surface area contributed by atoms with Gasteiger partial charge in [-0.05, 0) is 30.3 Å². The lowest BCUT2D eigenvalue weighted by molar-refractivity contribution is -0.116. The molecule has 4 rings (SSSR count). The number of imidazole rings is 1. The van der Waals surface area contributed by atoms with Gasteiger partial charge in [-0.2, -0.15) is 0 Å². The van der Waals surface area contributed by atoms with Crippen molar-refractivity contribution in [3.05, 3.63) is 54.9 Å². The molecule has 1 amide bonds. The van der Waals surface area contributed by atoms with E-state index in [9.17, 15) is 4.79 Å². The topological polar surface area (TPSA) is 71.8 Å². The highest BCUT2D eigenvalue weighted by atomic mass is 16.2. The first-order chi connectivity index (χ1) is 10.8. The summed E-state index contributed by atoms with van der Waals surface area (Å²) in [5.74, 6) is 0.512. The van der Waals surface area contributed by atoms with Crippen LogP contribution in [0.4, 0.5) is 11.6 Å². The fraction of sp³-hybridized carbons (Fsp3) is 0.0625. The summed E-state index contributed by atoms with van der Waals surface area (Å²) >= 11 is 0. The number of nitrogens with zero attached hydrogens (tertiary/aromatic N) is 3. The first-order valence-electron chi connectivity index (χ1n) is 6.94. The molecule has 3 heterocycles. The Kier molecular flexibility index (Phi) is 2.86. The van der Waals surface area contributed by atoms with Gasteiger partial charge in [0, 0.05) is 12.4 Å². The Balaban J connectivity index is 1.58. The fourth-order valence-corrected chi connectivity index (χ4v) is 2.47. The number of rotatable bonds is 2. The van der Waals surface area contributed by atoms with E-state index in [1.807, 2.05) is 41.1 Å². The largest absolute Gasteiger partial charge is 0.340 e. The van der Waals surface area contributed by atoms with Gasteiger partial charge in [-0.1, -0.05) is 12.1 Å². The van der Waals surface area contributed by atoms with Gasteiger partial charge in [0.15, 0.2) is 0 Å². The summed E-state index contributed by atoms with van der Waals surface area (Å²) < 4.78 is 1.93. The van der Waals surface area contributed by atoms with Gasteiger partial charge in [0.05, 0.1) is 22.9 Å². The van der Waals surface area contributed by atoms with Crippen molar-refractivity contribution in [2.45, 2.75) is 6.04 Å². The number of pyridine rings is 1. The Morgan fingerprint density at radius 3 is 3.00 bits per heavy atom. The Morgan fingerprint density at radius 1 is 1.23 bits per heavy atom. The third-order valence-electron chi connectivity index (χ3n) is 3.52. The molecule has 0 saturated carbocycles. The fourth-order valence-electron chi connectivity index (χ4n) is 2.47. The average Bonchev–Trinajstić information content (AvgIpc) is 2.93. The zero-order chi connectivity index (χ0) is 14.9. The van der Waals surface area contributed by atoms with E-state index in [0.29, 0.717) is 11.6 Å². The van der Waals surface area contributed by atoms with Crippen LogP contribution in [0.25, 0.3) is 17.2 Å². The van der Waals surface area contributed by atoms with E-state index in [2.05, 4.69) is 20.6 Å². The molecule has 6 heteroatoms. The van der Waals surface area contributed by atoms with E-state index in [0.717, 1.165) is 11.0 Å². The van der Waals surface area contributed by atoms with Crippen molar-refractivity contribution < 1.29 is 4.79 Å². The lowest BCUT2D eigenvalue weighted by Gasteiger charge is -2.19. The summed E-state index contributed by atoms with van der Waals surface area (Å²) in [7, 11) is 0. The molecule has 1 aromatic carbocycles. The molecule has 0 radical (unpaired) electrons. The molecule has 6 nitrogen and oxygen atoms in total. The van der Waals surface area contributed by atoms with Crippen molar-refractivity contribution >= 4 is 34.8 Å². The van der Waals surface area contributed by atoms with Crippen molar-refractivity contribution in [1.82, 2.24) is 14.5 Å². The predicted molar refractivity (Wildman–Crippen MR) is 85.3 cm³/mol. The van der Waals surface area contributed by atoms with Gasteiger partial charge < -0.3 is 10.6 Å². The molecule has 1 atom stereocenters. The van der Waals surface area contributed by atoms with Gasteiger partial charge in [0.1, 0.15) is 6.04 Å². The lowest BCUT2D eigenvalue weighted by atomic mass is 10.2. The Bertz CT molecular complexity index is 869. The Morgan fingerprint density at radius 2 is 2.14 bits per heavy atom. The van der Waals surface area contributed by atoms with Crippen LogP contribution in [0.2, 0.25) is 0 Å². The second-order valence-electron chi connectivity index (χ2n) is 4.99. The number of carbonyl (C=O) groups is 1. The summed E-state index contributed by atoms with van der Waals surface area (Å²) in [6.45, 7) is 0. The molecule has 2 N–H and O–H groups in total. The van der Waals surface area contributed by atoms with Crippen LogP contribution in [0.3, 0.4) is 0 Å². The van der Waals surface area contributed by atoms with Crippen molar-refractivity contribution in [3.8, 4) is 0 Å². The van der Waals surface area contributed by atoms with E-state index in [-0.39, 0.29) is 5.91 Å². The van der Waals surface area contributed by atoms with E-state index in [4.69, 9.17) is 0 Å². The normalized spacial score (nSPS) is 16.1. The number of benzene rings is 1. The number of para-hydroxylation sites is 2. The molecule has 0 spiro atoms. The number of amides is 1. The summed E-state index contributed by atoms with van der Waals surface area (Å²) in [6.07, 6.45) is 6.96. The van der Waals surface area contributed by atoms with Gasteiger partial charge >= 0.3 is 0 Å². The number of anilines is 2. The average molecular weight is 291 g/mol. The summed E-state index contributed by atoms with van der Waals surface area (Å²) in [4.78, 5) is 20.8. The van der Waals surface area contributed by atoms with Crippen molar-refractivity contribution in [3.63, 3.8) is 0 Å². The monoisotopic (exact) mass is 291 g/mol. The van der Waals surface area contributed by atoms with Gasteiger partial charge in [-0.15, -0.1) is 0 Å². The van der Waals surface area contributed by atoms with Crippen molar-refractivity contribution in [1.29, 1.82) is 0 Å². The lowest BCUT2D eigenvalue weighted by Crippen LogP contribution is -2.35. The molecule has 1 aliphatic heterocycles. The first kappa shape index (κ1) is 12.6. The number of hydrogen-bond donors (Lipinski definition) is 2. The Hall–Kier alpha value is -3.15. The molecule has 1 unspecified atom stereocenters. The van der Waals surface area contributed by atoms with Crippen LogP contribution in [0, 0.1) is 0 Å². The summed E-state index contributed by atoms with van der Waals surface area (Å²) in [6, 6.07) is 11.0. The molecular formula is C16H13N5O. The number of fused-ring (bicyclic) bond motifs is 3. The molecule has 3 aromatic rings. The predicted octanol–water partition coefficient (Wildman–Crippen LogP) is 2.33. The summed E-state index contributed by atoms with van der Waals surface area (Å²) in [5.41, 5.74) is 2.57. The van der Waals surface area contributed by atoms with Gasteiger partial charge in [-0.3, -0.25) is 14.3 Å². The van der Waals surface area contributed by atoms with E-state index in [1.54, 1.807) is 24.5 Å². The first-order valence-corrected chi connectivity index (χ1v) is 6.94. The molecule has 108 valence electrons. The van der Waals surface area contributed by atoms with Crippen molar-refractivity contribution in [2.75, 3.05) is 10.6 Å². The van der Waals surface area contributed by atoms with Crippen LogP contribution in [-0.4, -0.2) is 26.5 Å². The van der Waals surface area contributed by atoms with Gasteiger partial charge in [0.2, 0.25) is 5.95 Å². The smallest absolute Gasteiger partial charge is 0.251 e. The molecule has 0 saturated heterocycles. The second kappa shape index (κ2) is 5.00. The highest BCUT2D eigenvalue weighted by molar-refractivity contribution is 5.99. The van der Waals surface area contributed by atoms with Crippen LogP contribution in [0.15, 0.2) is 54.9 Å². The van der Waals surface area contributed by atoms with Crippen LogP contribution in [0.5, 0.6) is 0 Å². The number of aromatic nitrogens is 3. The van der Waals surface area contributed by atoms with Crippen LogP contribution in [-0.2, 0) is 4.79 Å². The number of hydrogen-bond acceptors (Lipinski definition) is 4. The number of carbonyl (C=O) groups excluding carboxylic acids is 1. The highest BCUT2D eigenvalue weighted by Gasteiger charge is 2.22. The maximum Gasteiger partial charge on any atom is 0.251 e. The maximum atomic E-state index is 12.3. The summed E-state index contributed by atoms with van der Waals surface area (Å²) in [5, 5.41) is 5.96. The van der Waals surface area contributed by atoms with Gasteiger partial charge in [0.25, 0.3) is 5.91 Å². The minimum absolute atomic E-state index is 0.150. The van der Waals surface area contributed by atoms with Crippen molar-refractivity contribution in [2.24, 2.45) is 0 Å². The van der Waals surface area contributed by atoms with Gasteiger partial charge in [-0.25, -0.2) is 4.98 Å². The molecule has 0 bridgehead atoms. The Labute approximate surface area is 126 Å². The minimum Gasteiger partial charge on any atom is -0.340 e. The maximum absolute atomic E-state index is 12.3.